The molecule has 1 amide bonds. The van der Waals surface area contributed by atoms with Crippen molar-refractivity contribution in [2.45, 2.75) is 0 Å². The second-order valence-electron chi connectivity index (χ2n) is 5.81. The smallest absolute Gasteiger partial charge is 0.356 e. The van der Waals surface area contributed by atoms with Crippen LogP contribution in [0.3, 0.4) is 0 Å². The van der Waals surface area contributed by atoms with Crippen LogP contribution >= 0.6 is 46.4 Å². The summed E-state index contributed by atoms with van der Waals surface area (Å²) in [6, 6.07) is 0. The third kappa shape index (κ3) is 5.90. The van der Waals surface area contributed by atoms with Gasteiger partial charge in [-0.2, -0.15) is 0 Å². The topological polar surface area (TPSA) is 127 Å². The van der Waals surface area contributed by atoms with Gasteiger partial charge in [-0.25, -0.2) is 14.8 Å². The first-order chi connectivity index (χ1) is 14.7. The zero-order valence-corrected chi connectivity index (χ0v) is 18.5. The Hall–Kier alpha value is -2.30. The van der Waals surface area contributed by atoms with Crippen LogP contribution in [-0.2, 0) is 4.74 Å². The molecular weight excluding hydrogens is 496 g/mol. The summed E-state index contributed by atoms with van der Waals surface area (Å²) in [6.07, 6.45) is 3.23. The summed E-state index contributed by atoms with van der Waals surface area (Å²) < 4.78 is 5.16. The molecule has 1 aliphatic rings. The first-order valence-electron chi connectivity index (χ1n) is 8.41. The SMILES string of the molecule is O=Cc1c(Cl)cnc(C(=O)N2CCOCC2)c1Cl.O=Cc1c(Cl)cnc(C(=O)O)c1Cl. The predicted octanol–water partition coefficient (Wildman–Crippen LogP) is 3.57. The number of ether oxygens (including phenoxy) is 1. The number of rotatable bonds is 4. The van der Waals surface area contributed by atoms with Crippen LogP contribution in [0.15, 0.2) is 12.4 Å². The predicted molar refractivity (Wildman–Crippen MR) is 113 cm³/mol. The number of hydrogen-bond acceptors (Lipinski definition) is 7. The molecule has 1 fully saturated rings. The number of morpholine rings is 1. The number of carboxylic acids is 1. The molecule has 1 aliphatic heterocycles. The first kappa shape index (κ1) is 25.0. The molecule has 0 atom stereocenters. The maximum Gasteiger partial charge on any atom is 0.356 e. The molecule has 0 saturated carbocycles. The van der Waals surface area contributed by atoms with Gasteiger partial charge in [-0.15, -0.1) is 0 Å². The second-order valence-corrected chi connectivity index (χ2v) is 7.38. The number of aromatic nitrogens is 2. The summed E-state index contributed by atoms with van der Waals surface area (Å²) in [5, 5.41) is 8.49. The van der Waals surface area contributed by atoms with E-state index in [2.05, 4.69) is 9.97 Å². The highest BCUT2D eigenvalue weighted by Crippen LogP contribution is 2.26. The molecule has 0 radical (unpaired) electrons. The number of amides is 1. The van der Waals surface area contributed by atoms with Crippen LogP contribution in [0.4, 0.5) is 0 Å². The molecule has 0 spiro atoms. The van der Waals surface area contributed by atoms with Crippen molar-refractivity contribution >= 4 is 70.9 Å². The first-order valence-corrected chi connectivity index (χ1v) is 9.92. The van der Waals surface area contributed by atoms with Crippen LogP contribution in [0.5, 0.6) is 0 Å². The number of halogens is 4. The van der Waals surface area contributed by atoms with Gasteiger partial charge in [-0.1, -0.05) is 46.4 Å². The van der Waals surface area contributed by atoms with Gasteiger partial charge in [0, 0.05) is 25.5 Å². The highest BCUT2D eigenvalue weighted by atomic mass is 35.5. The highest BCUT2D eigenvalue weighted by Gasteiger charge is 2.24. The van der Waals surface area contributed by atoms with Crippen molar-refractivity contribution in [3.8, 4) is 0 Å². The lowest BCUT2D eigenvalue weighted by molar-refractivity contribution is 0.0299. The third-order valence-corrected chi connectivity index (χ3v) is 5.32. The Morgan fingerprint density at radius 2 is 1.35 bits per heavy atom. The number of hydrogen-bond donors (Lipinski definition) is 1. The lowest BCUT2D eigenvalue weighted by atomic mass is 10.2. The normalized spacial score (nSPS) is 13.1. The van der Waals surface area contributed by atoms with E-state index >= 15 is 0 Å². The number of aldehydes is 2. The average molecular weight is 509 g/mol. The summed E-state index contributed by atoms with van der Waals surface area (Å²) >= 11 is 22.8. The fraction of sp³-hybridized carbons (Fsp3) is 0.222. The van der Waals surface area contributed by atoms with Gasteiger partial charge in [0.2, 0.25) is 0 Å². The quantitative estimate of drug-likeness (QED) is 0.621. The number of carboxylic acid groups (broad SMARTS) is 1. The monoisotopic (exact) mass is 507 g/mol. The Labute approximate surface area is 195 Å². The number of carbonyl (C=O) groups is 4. The summed E-state index contributed by atoms with van der Waals surface area (Å²) in [5.41, 5.74) is -0.307. The molecule has 3 rings (SSSR count). The van der Waals surface area contributed by atoms with Gasteiger partial charge in [-0.3, -0.25) is 14.4 Å². The summed E-state index contributed by atoms with van der Waals surface area (Å²) in [6.45, 7) is 1.93. The van der Waals surface area contributed by atoms with Gasteiger partial charge in [0.05, 0.1) is 44.4 Å². The Bertz CT molecular complexity index is 1030. The maximum absolute atomic E-state index is 12.2. The minimum absolute atomic E-state index is 0.00556. The number of nitrogens with zero attached hydrogens (tertiary/aromatic N) is 3. The van der Waals surface area contributed by atoms with Gasteiger partial charge in [0.15, 0.2) is 18.3 Å². The largest absolute Gasteiger partial charge is 0.476 e. The minimum Gasteiger partial charge on any atom is -0.476 e. The zero-order chi connectivity index (χ0) is 23.1. The third-order valence-electron chi connectivity index (χ3n) is 3.96. The summed E-state index contributed by atoms with van der Waals surface area (Å²) in [4.78, 5) is 52.9. The Balaban J connectivity index is 0.000000233. The maximum atomic E-state index is 12.2. The lowest BCUT2D eigenvalue weighted by Gasteiger charge is -2.26. The lowest BCUT2D eigenvalue weighted by Crippen LogP contribution is -2.41. The molecule has 31 heavy (non-hydrogen) atoms. The number of carbonyl (C=O) groups excluding carboxylic acids is 3. The molecule has 1 N–H and O–H groups in total. The Morgan fingerprint density at radius 3 is 1.81 bits per heavy atom. The number of pyridine rings is 2. The van der Waals surface area contributed by atoms with E-state index in [1.54, 1.807) is 4.90 Å². The van der Waals surface area contributed by atoms with Crippen LogP contribution in [-0.4, -0.2) is 70.7 Å². The molecule has 13 heteroatoms. The Morgan fingerprint density at radius 1 is 0.903 bits per heavy atom. The molecule has 164 valence electrons. The van der Waals surface area contributed by atoms with Crippen LogP contribution in [0.2, 0.25) is 20.1 Å². The van der Waals surface area contributed by atoms with E-state index in [-0.39, 0.29) is 48.5 Å². The molecule has 9 nitrogen and oxygen atoms in total. The van der Waals surface area contributed by atoms with Crippen molar-refractivity contribution < 1.29 is 29.0 Å². The fourth-order valence-electron chi connectivity index (χ4n) is 2.39. The average Bonchev–Trinajstić information content (AvgIpc) is 2.75. The summed E-state index contributed by atoms with van der Waals surface area (Å²) in [5.74, 6) is -1.62. The van der Waals surface area contributed by atoms with Crippen molar-refractivity contribution in [1.29, 1.82) is 0 Å². The van der Waals surface area contributed by atoms with Crippen LogP contribution in [0.25, 0.3) is 0 Å². The van der Waals surface area contributed by atoms with Gasteiger partial charge in [-0.05, 0) is 0 Å². The van der Waals surface area contributed by atoms with Gasteiger partial charge in [0.1, 0.15) is 5.69 Å². The van der Waals surface area contributed by atoms with Crippen molar-refractivity contribution in [3.05, 3.63) is 55.0 Å². The van der Waals surface area contributed by atoms with E-state index in [0.717, 1.165) is 6.20 Å². The molecule has 2 aromatic heterocycles. The van der Waals surface area contributed by atoms with Crippen molar-refractivity contribution in [2.75, 3.05) is 26.3 Å². The molecule has 0 aromatic carbocycles. The molecule has 1 saturated heterocycles. The van der Waals surface area contributed by atoms with Crippen LogP contribution in [0.1, 0.15) is 41.7 Å². The molecule has 0 aliphatic carbocycles. The highest BCUT2D eigenvalue weighted by molar-refractivity contribution is 6.40. The van der Waals surface area contributed by atoms with Gasteiger partial charge >= 0.3 is 5.97 Å². The molecular formula is C18H13Cl4N3O6. The molecule has 0 bridgehead atoms. The Kier molecular flexibility index (Phi) is 9.15. The van der Waals surface area contributed by atoms with E-state index in [1.165, 1.54) is 6.20 Å². The van der Waals surface area contributed by atoms with E-state index in [0.29, 0.717) is 38.9 Å². The van der Waals surface area contributed by atoms with E-state index in [4.69, 9.17) is 56.2 Å². The summed E-state index contributed by atoms with van der Waals surface area (Å²) in [7, 11) is 0. The fourth-order valence-corrected chi connectivity index (χ4v) is 3.41. The van der Waals surface area contributed by atoms with Gasteiger partial charge in [0.25, 0.3) is 5.91 Å². The second kappa shape index (κ2) is 11.4. The zero-order valence-electron chi connectivity index (χ0n) is 15.5. The van der Waals surface area contributed by atoms with Crippen molar-refractivity contribution in [2.24, 2.45) is 0 Å². The van der Waals surface area contributed by atoms with Crippen LogP contribution < -0.4 is 0 Å². The van der Waals surface area contributed by atoms with Gasteiger partial charge < -0.3 is 14.7 Å². The van der Waals surface area contributed by atoms with Crippen molar-refractivity contribution in [3.63, 3.8) is 0 Å². The minimum atomic E-state index is -1.30. The van der Waals surface area contributed by atoms with Crippen molar-refractivity contribution in [1.82, 2.24) is 14.9 Å². The van der Waals surface area contributed by atoms with Crippen LogP contribution in [0, 0.1) is 0 Å². The van der Waals surface area contributed by atoms with E-state index < -0.39 is 5.97 Å². The molecule has 3 heterocycles. The molecule has 2 aromatic rings. The van der Waals surface area contributed by atoms with E-state index in [1.807, 2.05) is 0 Å². The standard InChI is InChI=1S/C11H10Cl2N2O3.C7H3Cl2NO3/c12-8-5-14-10(9(13)7(8)6-16)11(17)15-1-3-18-4-2-15;8-4-1-10-6(7(12)13)5(9)3(4)2-11/h5-6H,1-4H2;1-2H,(H,12,13). The number of aromatic carboxylic acids is 1. The van der Waals surface area contributed by atoms with E-state index in [9.17, 15) is 19.2 Å². The molecule has 0 unspecified atom stereocenters.